The Kier molecular flexibility index (Phi) is 9.54. The number of aromatic nitrogens is 1. The summed E-state index contributed by atoms with van der Waals surface area (Å²) in [5.74, 6) is -2.47. The third kappa shape index (κ3) is 7.47. The van der Waals surface area contributed by atoms with Crippen molar-refractivity contribution in [2.75, 3.05) is 13.1 Å². The lowest BCUT2D eigenvalue weighted by molar-refractivity contribution is -0.128. The molecule has 210 valence electrons. The first-order valence-electron chi connectivity index (χ1n) is 13.2. The van der Waals surface area contributed by atoms with Crippen molar-refractivity contribution in [3.63, 3.8) is 0 Å². The second-order valence-electron chi connectivity index (χ2n) is 10.0. The standard InChI is InChI=1S/C29H34N6O5/c30-21(15-26(37)34-28(39)20-14-19-9-4-5-10-22(19)32-16-20)29(40)33-23(13-18-7-2-1-3-8-18)25(36)17-35-12-6-11-24(35)27(31)38/h1-5,7-10,14,16,21,23-25,36H,6,11-13,15,17,30H2,(H2,31,38)(H,33,40)(H,34,37,39)/t21-,23?,24-,25?/m0/s1. The molecule has 0 radical (unpaired) electrons. The quantitative estimate of drug-likeness (QED) is 0.227. The molecule has 7 N–H and O–H groups in total. The maximum atomic E-state index is 13.0. The number of pyridine rings is 1. The highest BCUT2D eigenvalue weighted by atomic mass is 16.3. The number of aliphatic hydroxyl groups is 1. The van der Waals surface area contributed by atoms with Crippen molar-refractivity contribution in [2.24, 2.45) is 11.5 Å². The molecule has 1 fully saturated rings. The molecule has 3 aromatic rings. The third-order valence-corrected chi connectivity index (χ3v) is 7.05. The van der Waals surface area contributed by atoms with Crippen LogP contribution in [0.1, 0.15) is 35.2 Å². The maximum absolute atomic E-state index is 13.0. The van der Waals surface area contributed by atoms with E-state index in [-0.39, 0.29) is 12.1 Å². The van der Waals surface area contributed by atoms with Crippen LogP contribution >= 0.6 is 0 Å². The molecule has 1 aliphatic rings. The minimum Gasteiger partial charge on any atom is -0.390 e. The van der Waals surface area contributed by atoms with Gasteiger partial charge in [-0.2, -0.15) is 0 Å². The van der Waals surface area contributed by atoms with Gasteiger partial charge in [-0.15, -0.1) is 0 Å². The molecule has 0 bridgehead atoms. The van der Waals surface area contributed by atoms with Gasteiger partial charge in [0.05, 0.1) is 41.7 Å². The first-order chi connectivity index (χ1) is 19.2. The van der Waals surface area contributed by atoms with Gasteiger partial charge in [-0.1, -0.05) is 48.5 Å². The summed E-state index contributed by atoms with van der Waals surface area (Å²) in [4.78, 5) is 55.9. The van der Waals surface area contributed by atoms with E-state index in [1.165, 1.54) is 6.20 Å². The summed E-state index contributed by atoms with van der Waals surface area (Å²) < 4.78 is 0. The maximum Gasteiger partial charge on any atom is 0.259 e. The van der Waals surface area contributed by atoms with Crippen LogP contribution in [0.5, 0.6) is 0 Å². The lowest BCUT2D eigenvalue weighted by Crippen LogP contribution is -2.55. The van der Waals surface area contributed by atoms with E-state index in [1.54, 1.807) is 12.1 Å². The van der Waals surface area contributed by atoms with Crippen LogP contribution in [0.25, 0.3) is 10.9 Å². The first-order valence-corrected chi connectivity index (χ1v) is 13.2. The molecule has 1 saturated heterocycles. The number of fused-ring (bicyclic) bond motifs is 1. The van der Waals surface area contributed by atoms with E-state index in [2.05, 4.69) is 15.6 Å². The smallest absolute Gasteiger partial charge is 0.259 e. The Balaban J connectivity index is 1.37. The summed E-state index contributed by atoms with van der Waals surface area (Å²) in [5.41, 5.74) is 13.3. The summed E-state index contributed by atoms with van der Waals surface area (Å²) in [6.45, 7) is 0.743. The van der Waals surface area contributed by atoms with E-state index in [1.807, 2.05) is 53.4 Å². The minimum atomic E-state index is -1.27. The molecular formula is C29H34N6O5. The Bertz CT molecular complexity index is 1370. The van der Waals surface area contributed by atoms with Gasteiger partial charge in [-0.3, -0.25) is 34.4 Å². The number of benzene rings is 2. The zero-order chi connectivity index (χ0) is 28.6. The Morgan fingerprint density at radius 2 is 1.80 bits per heavy atom. The van der Waals surface area contributed by atoms with Crippen LogP contribution in [-0.4, -0.2) is 75.9 Å². The van der Waals surface area contributed by atoms with Crippen LogP contribution in [-0.2, 0) is 20.8 Å². The summed E-state index contributed by atoms with van der Waals surface area (Å²) in [6.07, 6.45) is 1.59. The van der Waals surface area contributed by atoms with Crippen LogP contribution in [0.2, 0.25) is 0 Å². The number of nitrogens with two attached hydrogens (primary N) is 2. The van der Waals surface area contributed by atoms with Gasteiger partial charge >= 0.3 is 0 Å². The third-order valence-electron chi connectivity index (χ3n) is 7.05. The van der Waals surface area contributed by atoms with Crippen LogP contribution in [0.4, 0.5) is 0 Å². The van der Waals surface area contributed by atoms with Gasteiger partial charge in [-0.05, 0) is 43.5 Å². The van der Waals surface area contributed by atoms with Gasteiger partial charge in [-0.25, -0.2) is 0 Å². The van der Waals surface area contributed by atoms with Crippen molar-refractivity contribution in [2.45, 2.75) is 49.9 Å². The lowest BCUT2D eigenvalue weighted by atomic mass is 9.99. The van der Waals surface area contributed by atoms with E-state index in [4.69, 9.17) is 11.5 Å². The number of aliphatic hydroxyl groups excluding tert-OH is 1. The topological polar surface area (TPSA) is 181 Å². The SMILES string of the molecule is NC(=O)[C@@H]1CCCN1CC(O)C(Cc1ccccc1)NC(=O)[C@@H](N)CC(=O)NC(=O)c1cnc2ccccc2c1. The highest BCUT2D eigenvalue weighted by molar-refractivity contribution is 6.06. The fraction of sp³-hybridized carbons (Fsp3) is 0.345. The number of nitrogens with zero attached hydrogens (tertiary/aromatic N) is 2. The zero-order valence-corrected chi connectivity index (χ0v) is 22.0. The van der Waals surface area contributed by atoms with Crippen molar-refractivity contribution in [1.29, 1.82) is 0 Å². The molecule has 4 rings (SSSR count). The predicted molar refractivity (Wildman–Crippen MR) is 149 cm³/mol. The van der Waals surface area contributed by atoms with Gasteiger partial charge in [0.2, 0.25) is 17.7 Å². The normalized spacial score (nSPS) is 17.6. The van der Waals surface area contributed by atoms with Gasteiger partial charge in [0.15, 0.2) is 0 Å². The number of carbonyl (C=O) groups excluding carboxylic acids is 4. The molecule has 11 heteroatoms. The summed E-state index contributed by atoms with van der Waals surface area (Å²) in [7, 11) is 0. The number of β-amino-alcohol motifs (C(OH)–C–C–N with tert-alkyl or cyclic N) is 1. The number of rotatable bonds is 11. The number of hydrogen-bond acceptors (Lipinski definition) is 8. The molecule has 40 heavy (non-hydrogen) atoms. The zero-order valence-electron chi connectivity index (χ0n) is 22.0. The molecule has 0 aliphatic carbocycles. The number of para-hydroxylation sites is 1. The van der Waals surface area contributed by atoms with Crippen LogP contribution in [0.3, 0.4) is 0 Å². The van der Waals surface area contributed by atoms with Crippen molar-refractivity contribution in [3.05, 3.63) is 78.0 Å². The average Bonchev–Trinajstić information content (AvgIpc) is 3.41. The highest BCUT2D eigenvalue weighted by Gasteiger charge is 2.33. The number of amides is 4. The molecule has 1 aromatic heterocycles. The molecule has 1 aliphatic heterocycles. The van der Waals surface area contributed by atoms with E-state index >= 15 is 0 Å². The molecule has 11 nitrogen and oxygen atoms in total. The van der Waals surface area contributed by atoms with Crippen molar-refractivity contribution in [1.82, 2.24) is 20.5 Å². The van der Waals surface area contributed by atoms with Gasteiger partial charge in [0, 0.05) is 18.1 Å². The Morgan fingerprint density at radius 3 is 2.55 bits per heavy atom. The summed E-state index contributed by atoms with van der Waals surface area (Å²) in [5, 5.41) is 16.8. The van der Waals surface area contributed by atoms with Gasteiger partial charge in [0.1, 0.15) is 0 Å². The van der Waals surface area contributed by atoms with E-state index in [0.29, 0.717) is 24.9 Å². The van der Waals surface area contributed by atoms with E-state index in [0.717, 1.165) is 17.4 Å². The monoisotopic (exact) mass is 546 g/mol. The molecule has 0 saturated carbocycles. The van der Waals surface area contributed by atoms with Gasteiger partial charge < -0.3 is 21.9 Å². The van der Waals surface area contributed by atoms with Crippen molar-refractivity contribution >= 4 is 34.5 Å². The summed E-state index contributed by atoms with van der Waals surface area (Å²) >= 11 is 0. The van der Waals surface area contributed by atoms with Crippen LogP contribution < -0.4 is 22.1 Å². The predicted octanol–water partition coefficient (Wildman–Crippen LogP) is 0.247. The average molecular weight is 547 g/mol. The number of likely N-dealkylation sites (tertiary alicyclic amines) is 1. The fourth-order valence-corrected chi connectivity index (χ4v) is 4.91. The first kappa shape index (κ1) is 28.8. The van der Waals surface area contributed by atoms with E-state index in [9.17, 15) is 24.3 Å². The molecule has 2 unspecified atom stereocenters. The largest absolute Gasteiger partial charge is 0.390 e. The number of carbonyl (C=O) groups is 4. The summed E-state index contributed by atoms with van der Waals surface area (Å²) in [6, 6.07) is 15.7. The van der Waals surface area contributed by atoms with Crippen molar-refractivity contribution in [3.8, 4) is 0 Å². The highest BCUT2D eigenvalue weighted by Crippen LogP contribution is 2.19. The molecule has 4 amide bonds. The lowest BCUT2D eigenvalue weighted by Gasteiger charge is -2.30. The Hall–Kier alpha value is -4.19. The molecular weight excluding hydrogens is 512 g/mol. The number of primary amides is 1. The second kappa shape index (κ2) is 13.2. The Labute approximate surface area is 231 Å². The number of imide groups is 1. The molecule has 4 atom stereocenters. The molecule has 0 spiro atoms. The molecule has 2 aromatic carbocycles. The number of hydrogen-bond donors (Lipinski definition) is 5. The van der Waals surface area contributed by atoms with Crippen LogP contribution in [0.15, 0.2) is 66.9 Å². The van der Waals surface area contributed by atoms with Crippen molar-refractivity contribution < 1.29 is 24.3 Å². The van der Waals surface area contributed by atoms with Gasteiger partial charge in [0.25, 0.3) is 5.91 Å². The minimum absolute atomic E-state index is 0.134. The Morgan fingerprint density at radius 1 is 1.07 bits per heavy atom. The fourth-order valence-electron chi connectivity index (χ4n) is 4.91. The number of nitrogens with one attached hydrogen (secondary N) is 2. The van der Waals surface area contributed by atoms with E-state index < -0.39 is 54.3 Å². The second-order valence-corrected chi connectivity index (χ2v) is 10.0. The van der Waals surface area contributed by atoms with Crippen LogP contribution in [0, 0.1) is 0 Å². The molecule has 2 heterocycles.